The maximum absolute atomic E-state index is 7.86. The Kier molecular flexibility index (Phi) is 11.1. The molecule has 1 aromatic heterocycles. The van der Waals surface area contributed by atoms with Gasteiger partial charge in [0.05, 0.1) is 17.0 Å². The standard InChI is InChI=1S/C73H87BN2O/c1-44-32-46-33-45(2)42-73(41-44,43-46)50-35-61-64-62(36-50)76(59-27-24-49(68(6,7)8)34-52(59)47-20-18-17-19-21-47)60-39-56-55(70(11,12)29-30-71(56,13)14)38-58(60)74(64)66-65(75(61)51-25-22-48(23-26-51)67(3,4)5)53-37-54-57(40-63(53)77-66)72(15,16)31-28-69(54,9)10/h17-27,34-40,44-46H,28-33,41-43H2,1-16H3. The summed E-state index contributed by atoms with van der Waals surface area (Å²) in [5, 5.41) is 1.24. The molecule has 2 bridgehead atoms. The van der Waals surface area contributed by atoms with E-state index in [2.05, 4.69) is 230 Å². The zero-order chi connectivity index (χ0) is 54.3. The second kappa shape index (κ2) is 16.8. The van der Waals surface area contributed by atoms with Crippen LogP contribution in [0.1, 0.15) is 208 Å². The molecule has 2 saturated carbocycles. The highest BCUT2D eigenvalue weighted by Gasteiger charge is 2.52. The van der Waals surface area contributed by atoms with E-state index in [0.717, 1.165) is 42.8 Å². The van der Waals surface area contributed by atoms with Gasteiger partial charge in [0.25, 0.3) is 6.71 Å². The van der Waals surface area contributed by atoms with Crippen LogP contribution in [0, 0.1) is 17.8 Å². The number of hydrogen-bond acceptors (Lipinski definition) is 3. The highest BCUT2D eigenvalue weighted by Crippen LogP contribution is 2.59. The minimum atomic E-state index is -0.133. The van der Waals surface area contributed by atoms with Crippen molar-refractivity contribution in [2.45, 2.75) is 206 Å². The molecule has 13 rings (SSSR count). The lowest BCUT2D eigenvalue weighted by atomic mass is 9.35. The fourth-order valence-corrected chi connectivity index (χ4v) is 16.6. The minimum Gasteiger partial charge on any atom is -0.468 e. The zero-order valence-corrected chi connectivity index (χ0v) is 49.9. The lowest BCUT2D eigenvalue weighted by Gasteiger charge is -2.52. The molecule has 0 saturated heterocycles. The third-order valence-corrected chi connectivity index (χ3v) is 21.0. The van der Waals surface area contributed by atoms with E-state index in [1.54, 1.807) is 0 Å². The normalized spacial score (nSPS) is 24.4. The lowest BCUT2D eigenvalue weighted by Crippen LogP contribution is -2.61. The fraction of sp³-hybridized carbons (Fsp3) is 0.479. The summed E-state index contributed by atoms with van der Waals surface area (Å²) in [4.78, 5) is 5.49. The zero-order valence-electron chi connectivity index (χ0n) is 49.9. The van der Waals surface area contributed by atoms with Gasteiger partial charge in [0.15, 0.2) is 0 Å². The number of furan rings is 1. The van der Waals surface area contributed by atoms with Crippen LogP contribution in [0.25, 0.3) is 22.1 Å². The molecule has 0 N–H and O–H groups in total. The summed E-state index contributed by atoms with van der Waals surface area (Å²) >= 11 is 0. The van der Waals surface area contributed by atoms with Gasteiger partial charge < -0.3 is 14.2 Å². The van der Waals surface area contributed by atoms with Crippen molar-refractivity contribution in [1.29, 1.82) is 0 Å². The first-order valence-electron chi connectivity index (χ1n) is 30.0. The highest BCUT2D eigenvalue weighted by atomic mass is 16.3. The highest BCUT2D eigenvalue weighted by molar-refractivity contribution is 7.00. The number of anilines is 6. The smallest absolute Gasteiger partial charge is 0.297 e. The van der Waals surface area contributed by atoms with Crippen molar-refractivity contribution < 1.29 is 4.42 Å². The molecule has 0 spiro atoms. The summed E-state index contributed by atoms with van der Waals surface area (Å²) in [5.74, 6) is 2.10. The number of fused-ring (bicyclic) bond motifs is 10. The van der Waals surface area contributed by atoms with E-state index in [1.165, 1.54) is 133 Å². The van der Waals surface area contributed by atoms with E-state index < -0.39 is 0 Å². The molecule has 7 aromatic rings. The van der Waals surface area contributed by atoms with Gasteiger partial charge in [-0.3, -0.25) is 0 Å². The summed E-state index contributed by atoms with van der Waals surface area (Å²) in [7, 11) is 0. The van der Waals surface area contributed by atoms with Crippen LogP contribution in [-0.2, 0) is 37.9 Å². The molecule has 0 radical (unpaired) electrons. The summed E-state index contributed by atoms with van der Waals surface area (Å²) in [6, 6.07) is 44.4. The van der Waals surface area contributed by atoms with Crippen molar-refractivity contribution >= 4 is 68.4 Å². The van der Waals surface area contributed by atoms with Gasteiger partial charge in [-0.2, -0.15) is 0 Å². The molecular weight excluding hydrogens is 932 g/mol. The Balaban J connectivity index is 1.21. The van der Waals surface area contributed by atoms with Gasteiger partial charge in [-0.15, -0.1) is 0 Å². The lowest BCUT2D eigenvalue weighted by molar-refractivity contribution is 0.0781. The number of nitrogens with zero attached hydrogens (tertiary/aromatic N) is 2. The molecular formula is C73H87BN2O. The third-order valence-electron chi connectivity index (χ3n) is 21.0. The SMILES string of the molecule is CC1CC2CC(C)CC(c3cc4c5c(c3)N(c3ccc(C(C)(C)C)cc3)c3c(oc6cc7c(cc36)C(C)(C)CCC7(C)C)B5c3cc5c(cc3N4c3ccc(C(C)(C)C)cc3-c3ccccc3)C(C)(C)CCC5(C)C)(C1)C2. The van der Waals surface area contributed by atoms with Gasteiger partial charge >= 0.3 is 0 Å². The summed E-state index contributed by atoms with van der Waals surface area (Å²) in [6.45, 7) is 39.0. The quantitative estimate of drug-likeness (QED) is 0.164. The Labute approximate surface area is 463 Å². The predicted octanol–water partition coefficient (Wildman–Crippen LogP) is 18.6. The van der Waals surface area contributed by atoms with Crippen LogP contribution in [0.4, 0.5) is 34.1 Å². The van der Waals surface area contributed by atoms with Crippen molar-refractivity contribution in [2.75, 3.05) is 9.80 Å². The van der Waals surface area contributed by atoms with E-state index >= 15 is 0 Å². The second-order valence-corrected chi connectivity index (χ2v) is 30.8. The van der Waals surface area contributed by atoms with Crippen molar-refractivity contribution in [1.82, 2.24) is 0 Å². The van der Waals surface area contributed by atoms with Crippen LogP contribution in [-0.4, -0.2) is 6.71 Å². The van der Waals surface area contributed by atoms with E-state index in [-0.39, 0.29) is 44.6 Å². The van der Waals surface area contributed by atoms with E-state index in [4.69, 9.17) is 4.42 Å². The van der Waals surface area contributed by atoms with E-state index in [1.807, 2.05) is 0 Å². The molecule has 4 heteroatoms. The van der Waals surface area contributed by atoms with Crippen molar-refractivity contribution in [2.24, 2.45) is 17.8 Å². The molecule has 3 heterocycles. The van der Waals surface area contributed by atoms with Gasteiger partial charge in [-0.05, 0) is 223 Å². The predicted molar refractivity (Wildman–Crippen MR) is 330 cm³/mol. The van der Waals surface area contributed by atoms with Crippen molar-refractivity contribution in [3.05, 3.63) is 148 Å². The average Bonchev–Trinajstić information content (AvgIpc) is 3.33. The van der Waals surface area contributed by atoms with E-state index in [0.29, 0.717) is 11.8 Å². The first kappa shape index (κ1) is 51.0. The maximum atomic E-state index is 7.86. The number of hydrogen-bond donors (Lipinski definition) is 0. The van der Waals surface area contributed by atoms with Crippen LogP contribution >= 0.6 is 0 Å². The molecule has 77 heavy (non-hydrogen) atoms. The molecule has 2 aliphatic heterocycles. The minimum absolute atomic E-state index is 0.00736. The largest absolute Gasteiger partial charge is 0.468 e. The van der Waals surface area contributed by atoms with Crippen molar-refractivity contribution in [3.63, 3.8) is 0 Å². The Bertz CT molecular complexity index is 3510. The molecule has 2 unspecified atom stereocenters. The molecule has 2 atom stereocenters. The number of benzene rings is 6. The molecule has 0 amide bonds. The number of rotatable bonds is 4. The van der Waals surface area contributed by atoms with Gasteiger partial charge in [-0.1, -0.05) is 165 Å². The maximum Gasteiger partial charge on any atom is 0.297 e. The van der Waals surface area contributed by atoms with Crippen LogP contribution in [0.2, 0.25) is 0 Å². The Hall–Kier alpha value is -5.48. The van der Waals surface area contributed by atoms with Gasteiger partial charge in [0, 0.05) is 33.7 Å². The molecule has 398 valence electrons. The van der Waals surface area contributed by atoms with Crippen LogP contribution in [0.15, 0.2) is 114 Å². The fourth-order valence-electron chi connectivity index (χ4n) is 16.6. The molecule has 6 aromatic carbocycles. The topological polar surface area (TPSA) is 19.6 Å². The summed E-state index contributed by atoms with van der Waals surface area (Å²) in [5.41, 5.74) is 25.3. The second-order valence-electron chi connectivity index (χ2n) is 30.8. The molecule has 3 nitrogen and oxygen atoms in total. The van der Waals surface area contributed by atoms with Crippen LogP contribution < -0.4 is 26.4 Å². The first-order chi connectivity index (χ1) is 36.1. The van der Waals surface area contributed by atoms with Crippen LogP contribution in [0.5, 0.6) is 0 Å². The Morgan fingerprint density at radius 1 is 0.519 bits per heavy atom. The van der Waals surface area contributed by atoms with Crippen LogP contribution in [0.3, 0.4) is 0 Å². The summed E-state index contributed by atoms with van der Waals surface area (Å²) < 4.78 is 7.86. The summed E-state index contributed by atoms with van der Waals surface area (Å²) in [6.07, 6.45) is 11.1. The Morgan fingerprint density at radius 2 is 1.05 bits per heavy atom. The van der Waals surface area contributed by atoms with Gasteiger partial charge in [0.2, 0.25) is 0 Å². The Morgan fingerprint density at radius 3 is 1.64 bits per heavy atom. The van der Waals surface area contributed by atoms with E-state index in [9.17, 15) is 0 Å². The third kappa shape index (κ3) is 7.92. The van der Waals surface area contributed by atoms with Gasteiger partial charge in [-0.25, -0.2) is 0 Å². The molecule has 6 aliphatic rings. The average molecular weight is 1020 g/mol. The molecule has 2 fully saturated rings. The van der Waals surface area contributed by atoms with Crippen molar-refractivity contribution in [3.8, 4) is 11.1 Å². The monoisotopic (exact) mass is 1020 g/mol. The van der Waals surface area contributed by atoms with Gasteiger partial charge in [0.1, 0.15) is 5.58 Å². The first-order valence-corrected chi connectivity index (χ1v) is 30.0. The molecule has 4 aliphatic carbocycles.